The SMILES string of the molecule is C[C@H](CCc1ccccc1)NC(=O)c1ccccc1-c1ncc(-c2ccc(Cl)cc2)o1. The number of carbonyl (C=O) groups is 1. The fourth-order valence-corrected chi connectivity index (χ4v) is 3.54. The molecule has 1 aromatic heterocycles. The first-order valence-corrected chi connectivity index (χ1v) is 10.6. The second kappa shape index (κ2) is 9.63. The Morgan fingerprint density at radius 2 is 1.71 bits per heavy atom. The number of aromatic nitrogens is 1. The summed E-state index contributed by atoms with van der Waals surface area (Å²) in [5, 5.41) is 3.76. The molecular formula is C26H23ClN2O2. The van der Waals surface area contributed by atoms with E-state index in [4.69, 9.17) is 16.0 Å². The van der Waals surface area contributed by atoms with Gasteiger partial charge in [-0.15, -0.1) is 0 Å². The van der Waals surface area contributed by atoms with Gasteiger partial charge < -0.3 is 9.73 Å². The summed E-state index contributed by atoms with van der Waals surface area (Å²) in [6, 6.07) is 25.0. The summed E-state index contributed by atoms with van der Waals surface area (Å²) in [5.41, 5.74) is 3.34. The molecule has 0 aliphatic heterocycles. The molecule has 4 nitrogen and oxygen atoms in total. The monoisotopic (exact) mass is 430 g/mol. The molecule has 1 heterocycles. The molecule has 4 rings (SSSR count). The van der Waals surface area contributed by atoms with Crippen molar-refractivity contribution in [3.05, 3.63) is 101 Å². The highest BCUT2D eigenvalue weighted by atomic mass is 35.5. The highest BCUT2D eigenvalue weighted by Gasteiger charge is 2.18. The van der Waals surface area contributed by atoms with Gasteiger partial charge in [-0.25, -0.2) is 4.98 Å². The highest BCUT2D eigenvalue weighted by molar-refractivity contribution is 6.30. The van der Waals surface area contributed by atoms with E-state index in [9.17, 15) is 4.79 Å². The van der Waals surface area contributed by atoms with Crippen molar-refractivity contribution in [2.45, 2.75) is 25.8 Å². The van der Waals surface area contributed by atoms with E-state index in [1.165, 1.54) is 5.56 Å². The van der Waals surface area contributed by atoms with Crippen LogP contribution in [0.15, 0.2) is 89.5 Å². The first kappa shape index (κ1) is 20.9. The van der Waals surface area contributed by atoms with Crippen molar-refractivity contribution in [2.24, 2.45) is 0 Å². The summed E-state index contributed by atoms with van der Waals surface area (Å²) in [5.74, 6) is 0.896. The minimum Gasteiger partial charge on any atom is -0.436 e. The molecule has 0 unspecified atom stereocenters. The van der Waals surface area contributed by atoms with Crippen molar-refractivity contribution in [1.82, 2.24) is 10.3 Å². The van der Waals surface area contributed by atoms with Crippen molar-refractivity contribution < 1.29 is 9.21 Å². The van der Waals surface area contributed by atoms with Crippen LogP contribution in [-0.4, -0.2) is 16.9 Å². The van der Waals surface area contributed by atoms with E-state index in [0.717, 1.165) is 18.4 Å². The molecule has 1 N–H and O–H groups in total. The van der Waals surface area contributed by atoms with Crippen LogP contribution in [0.25, 0.3) is 22.8 Å². The van der Waals surface area contributed by atoms with Gasteiger partial charge in [0.25, 0.3) is 5.91 Å². The fourth-order valence-electron chi connectivity index (χ4n) is 3.42. The Bertz CT molecular complexity index is 1150. The molecule has 1 atom stereocenters. The summed E-state index contributed by atoms with van der Waals surface area (Å²) in [6.45, 7) is 2.02. The molecule has 0 saturated heterocycles. The standard InChI is InChI=1S/C26H23ClN2O2/c1-18(11-12-19-7-3-2-4-8-19)29-25(30)22-9-5-6-10-23(22)26-28-17-24(31-26)20-13-15-21(27)16-14-20/h2-10,13-18H,11-12H2,1H3,(H,29,30)/t18-/m1/s1. The predicted molar refractivity (Wildman–Crippen MR) is 124 cm³/mol. The number of amides is 1. The molecule has 0 bridgehead atoms. The van der Waals surface area contributed by atoms with Crippen LogP contribution in [0.5, 0.6) is 0 Å². The zero-order chi connectivity index (χ0) is 21.6. The van der Waals surface area contributed by atoms with Crippen LogP contribution in [-0.2, 0) is 6.42 Å². The van der Waals surface area contributed by atoms with Gasteiger partial charge >= 0.3 is 0 Å². The van der Waals surface area contributed by atoms with Gasteiger partial charge in [-0.2, -0.15) is 0 Å². The van der Waals surface area contributed by atoms with E-state index >= 15 is 0 Å². The van der Waals surface area contributed by atoms with Crippen molar-refractivity contribution in [1.29, 1.82) is 0 Å². The lowest BCUT2D eigenvalue weighted by Gasteiger charge is -2.15. The van der Waals surface area contributed by atoms with E-state index in [2.05, 4.69) is 22.4 Å². The Morgan fingerprint density at radius 3 is 2.48 bits per heavy atom. The van der Waals surface area contributed by atoms with Gasteiger partial charge in [-0.3, -0.25) is 4.79 Å². The number of nitrogens with one attached hydrogen (secondary N) is 1. The third-order valence-corrected chi connectivity index (χ3v) is 5.37. The summed E-state index contributed by atoms with van der Waals surface area (Å²) in [7, 11) is 0. The first-order valence-electron chi connectivity index (χ1n) is 10.3. The Balaban J connectivity index is 1.48. The molecule has 5 heteroatoms. The van der Waals surface area contributed by atoms with Crippen LogP contribution in [0.4, 0.5) is 0 Å². The lowest BCUT2D eigenvalue weighted by Crippen LogP contribution is -2.33. The quantitative estimate of drug-likeness (QED) is 0.368. The van der Waals surface area contributed by atoms with E-state index in [0.29, 0.717) is 27.8 Å². The molecule has 3 aromatic carbocycles. The summed E-state index contributed by atoms with van der Waals surface area (Å²) in [6.07, 6.45) is 3.43. The van der Waals surface area contributed by atoms with Gasteiger partial charge in [0.1, 0.15) is 0 Å². The molecule has 156 valence electrons. The van der Waals surface area contributed by atoms with Gasteiger partial charge in [-0.1, -0.05) is 54.1 Å². The molecule has 31 heavy (non-hydrogen) atoms. The maximum Gasteiger partial charge on any atom is 0.252 e. The zero-order valence-corrected chi connectivity index (χ0v) is 18.0. The van der Waals surface area contributed by atoms with Crippen LogP contribution >= 0.6 is 11.6 Å². The second-order valence-corrected chi connectivity index (χ2v) is 7.92. The highest BCUT2D eigenvalue weighted by Crippen LogP contribution is 2.29. The van der Waals surface area contributed by atoms with Crippen LogP contribution in [0.1, 0.15) is 29.3 Å². The van der Waals surface area contributed by atoms with Gasteiger partial charge in [0.05, 0.1) is 11.8 Å². The third-order valence-electron chi connectivity index (χ3n) is 5.12. The van der Waals surface area contributed by atoms with Crippen molar-refractivity contribution in [3.63, 3.8) is 0 Å². The number of nitrogens with zero attached hydrogens (tertiary/aromatic N) is 1. The Morgan fingerprint density at radius 1 is 1.00 bits per heavy atom. The number of aryl methyl sites for hydroxylation is 1. The molecule has 0 aliphatic carbocycles. The first-order chi connectivity index (χ1) is 15.1. The lowest BCUT2D eigenvalue weighted by molar-refractivity contribution is 0.0939. The summed E-state index contributed by atoms with van der Waals surface area (Å²) in [4.78, 5) is 17.4. The number of oxazole rings is 1. The molecule has 0 radical (unpaired) electrons. The van der Waals surface area contributed by atoms with E-state index in [1.807, 2.05) is 55.5 Å². The number of hydrogen-bond donors (Lipinski definition) is 1. The Hall–Kier alpha value is -3.37. The zero-order valence-electron chi connectivity index (χ0n) is 17.2. The number of carbonyl (C=O) groups excluding carboxylic acids is 1. The molecule has 1 amide bonds. The minimum atomic E-state index is -0.137. The molecule has 0 spiro atoms. The Kier molecular flexibility index (Phi) is 6.48. The third kappa shape index (κ3) is 5.22. The fraction of sp³-hybridized carbons (Fsp3) is 0.154. The van der Waals surface area contributed by atoms with Gasteiger partial charge in [0, 0.05) is 22.2 Å². The van der Waals surface area contributed by atoms with E-state index in [-0.39, 0.29) is 11.9 Å². The topological polar surface area (TPSA) is 55.1 Å². The van der Waals surface area contributed by atoms with Crippen LogP contribution in [0, 0.1) is 0 Å². The smallest absolute Gasteiger partial charge is 0.252 e. The second-order valence-electron chi connectivity index (χ2n) is 7.48. The van der Waals surface area contributed by atoms with Crippen molar-refractivity contribution in [3.8, 4) is 22.8 Å². The van der Waals surface area contributed by atoms with Crippen LogP contribution in [0.3, 0.4) is 0 Å². The Labute approximate surface area is 186 Å². The lowest BCUT2D eigenvalue weighted by atomic mass is 10.0. The van der Waals surface area contributed by atoms with Gasteiger partial charge in [0.2, 0.25) is 5.89 Å². The molecule has 0 saturated carbocycles. The summed E-state index contributed by atoms with van der Waals surface area (Å²) < 4.78 is 5.96. The minimum absolute atomic E-state index is 0.0370. The number of benzene rings is 3. The predicted octanol–water partition coefficient (Wildman–Crippen LogP) is 6.41. The maximum atomic E-state index is 13.0. The number of rotatable bonds is 7. The van der Waals surface area contributed by atoms with Crippen LogP contribution in [0.2, 0.25) is 5.02 Å². The molecule has 0 fully saturated rings. The average Bonchev–Trinajstić information content (AvgIpc) is 3.29. The van der Waals surface area contributed by atoms with E-state index < -0.39 is 0 Å². The number of halogens is 1. The van der Waals surface area contributed by atoms with Crippen LogP contribution < -0.4 is 5.32 Å². The van der Waals surface area contributed by atoms with Crippen molar-refractivity contribution >= 4 is 17.5 Å². The normalized spacial score (nSPS) is 11.8. The molecular weight excluding hydrogens is 408 g/mol. The van der Waals surface area contributed by atoms with Crippen molar-refractivity contribution in [2.75, 3.05) is 0 Å². The molecule has 0 aliphatic rings. The maximum absolute atomic E-state index is 13.0. The largest absolute Gasteiger partial charge is 0.436 e. The van der Waals surface area contributed by atoms with Gasteiger partial charge in [-0.05, 0) is 61.7 Å². The summed E-state index contributed by atoms with van der Waals surface area (Å²) >= 11 is 5.96. The van der Waals surface area contributed by atoms with Gasteiger partial charge in [0.15, 0.2) is 5.76 Å². The number of hydrogen-bond acceptors (Lipinski definition) is 3. The van der Waals surface area contributed by atoms with E-state index in [1.54, 1.807) is 24.4 Å². The average molecular weight is 431 g/mol. The molecule has 4 aromatic rings.